The fourth-order valence-electron chi connectivity index (χ4n) is 1.61. The van der Waals surface area contributed by atoms with Gasteiger partial charge in [0.1, 0.15) is 5.76 Å². The SMILES string of the molecule is O=Cc1cnoc1C1CCSCC1. The van der Waals surface area contributed by atoms with Crippen molar-refractivity contribution in [3.8, 4) is 0 Å². The van der Waals surface area contributed by atoms with E-state index in [0.717, 1.165) is 36.4 Å². The van der Waals surface area contributed by atoms with Crippen LogP contribution >= 0.6 is 11.8 Å². The normalized spacial score (nSPS) is 18.8. The molecule has 3 nitrogen and oxygen atoms in total. The van der Waals surface area contributed by atoms with Crippen LogP contribution in [0.15, 0.2) is 10.7 Å². The van der Waals surface area contributed by atoms with E-state index in [-0.39, 0.29) is 0 Å². The van der Waals surface area contributed by atoms with E-state index in [1.165, 1.54) is 6.20 Å². The van der Waals surface area contributed by atoms with E-state index in [2.05, 4.69) is 5.16 Å². The quantitative estimate of drug-likeness (QED) is 0.681. The Balaban J connectivity index is 2.17. The minimum atomic E-state index is 0.406. The van der Waals surface area contributed by atoms with Gasteiger partial charge in [0.15, 0.2) is 6.29 Å². The smallest absolute Gasteiger partial charge is 0.155 e. The van der Waals surface area contributed by atoms with E-state index in [0.29, 0.717) is 11.5 Å². The highest BCUT2D eigenvalue weighted by molar-refractivity contribution is 7.99. The maximum Gasteiger partial charge on any atom is 0.155 e. The maximum atomic E-state index is 10.6. The van der Waals surface area contributed by atoms with Crippen LogP contribution in [0.3, 0.4) is 0 Å². The molecule has 1 saturated heterocycles. The molecule has 0 unspecified atom stereocenters. The van der Waals surface area contributed by atoms with Crippen LogP contribution in [-0.4, -0.2) is 22.9 Å². The summed E-state index contributed by atoms with van der Waals surface area (Å²) in [6, 6.07) is 0. The molecule has 13 heavy (non-hydrogen) atoms. The Labute approximate surface area is 80.9 Å². The molecule has 1 aliphatic heterocycles. The first-order chi connectivity index (χ1) is 6.42. The van der Waals surface area contributed by atoms with Gasteiger partial charge in [0.2, 0.25) is 0 Å². The first-order valence-electron chi connectivity index (χ1n) is 4.39. The van der Waals surface area contributed by atoms with Crippen molar-refractivity contribution >= 4 is 18.0 Å². The lowest BCUT2D eigenvalue weighted by atomic mass is 9.97. The van der Waals surface area contributed by atoms with Gasteiger partial charge < -0.3 is 4.52 Å². The zero-order valence-corrected chi connectivity index (χ0v) is 8.05. The largest absolute Gasteiger partial charge is 0.360 e. The Morgan fingerprint density at radius 2 is 2.31 bits per heavy atom. The van der Waals surface area contributed by atoms with Crippen molar-refractivity contribution in [1.82, 2.24) is 5.16 Å². The standard InChI is InChI=1S/C9H11NO2S/c11-6-8-5-10-12-9(8)7-1-3-13-4-2-7/h5-7H,1-4H2. The van der Waals surface area contributed by atoms with Crippen LogP contribution < -0.4 is 0 Å². The van der Waals surface area contributed by atoms with E-state index in [1.807, 2.05) is 11.8 Å². The lowest BCUT2D eigenvalue weighted by Crippen LogP contribution is -2.08. The first kappa shape index (κ1) is 8.81. The lowest BCUT2D eigenvalue weighted by molar-refractivity contribution is 0.112. The molecule has 0 aliphatic carbocycles. The summed E-state index contributed by atoms with van der Waals surface area (Å²) in [5.74, 6) is 3.51. The number of hydrogen-bond donors (Lipinski definition) is 0. The Bertz CT molecular complexity index is 292. The molecule has 1 aromatic heterocycles. The minimum Gasteiger partial charge on any atom is -0.360 e. The number of carbonyl (C=O) groups is 1. The number of aldehydes is 1. The summed E-state index contributed by atoms with van der Waals surface area (Å²) in [5, 5.41) is 3.66. The highest BCUT2D eigenvalue weighted by Crippen LogP contribution is 2.32. The second-order valence-corrected chi connectivity index (χ2v) is 4.37. The van der Waals surface area contributed by atoms with E-state index < -0.39 is 0 Å². The van der Waals surface area contributed by atoms with Gasteiger partial charge in [0, 0.05) is 5.92 Å². The van der Waals surface area contributed by atoms with Crippen LogP contribution in [0.5, 0.6) is 0 Å². The van der Waals surface area contributed by atoms with E-state index in [9.17, 15) is 4.79 Å². The third-order valence-corrected chi connectivity index (χ3v) is 3.40. The van der Waals surface area contributed by atoms with Crippen molar-refractivity contribution < 1.29 is 9.32 Å². The average Bonchev–Trinajstić information content (AvgIpc) is 2.67. The highest BCUT2D eigenvalue weighted by atomic mass is 32.2. The zero-order chi connectivity index (χ0) is 9.10. The van der Waals surface area contributed by atoms with Gasteiger partial charge in [-0.05, 0) is 24.3 Å². The van der Waals surface area contributed by atoms with Crippen LogP contribution in [0.4, 0.5) is 0 Å². The summed E-state index contributed by atoms with van der Waals surface area (Å²) in [4.78, 5) is 10.6. The summed E-state index contributed by atoms with van der Waals surface area (Å²) in [5.41, 5.74) is 0.622. The number of thioether (sulfide) groups is 1. The summed E-state index contributed by atoms with van der Waals surface area (Å²) >= 11 is 1.96. The third-order valence-electron chi connectivity index (χ3n) is 2.35. The molecule has 2 rings (SSSR count). The Morgan fingerprint density at radius 1 is 1.54 bits per heavy atom. The summed E-state index contributed by atoms with van der Waals surface area (Å²) in [6.07, 6.45) is 4.53. The van der Waals surface area contributed by atoms with Gasteiger partial charge in [0.25, 0.3) is 0 Å². The summed E-state index contributed by atoms with van der Waals surface area (Å²) in [6.45, 7) is 0. The van der Waals surface area contributed by atoms with Crippen LogP contribution in [0, 0.1) is 0 Å². The van der Waals surface area contributed by atoms with Crippen LogP contribution in [-0.2, 0) is 0 Å². The van der Waals surface area contributed by atoms with E-state index >= 15 is 0 Å². The predicted molar refractivity (Wildman–Crippen MR) is 51.2 cm³/mol. The molecule has 1 aromatic rings. The van der Waals surface area contributed by atoms with Gasteiger partial charge in [-0.1, -0.05) is 5.16 Å². The lowest BCUT2D eigenvalue weighted by Gasteiger charge is -2.18. The van der Waals surface area contributed by atoms with Gasteiger partial charge in [-0.25, -0.2) is 0 Å². The molecular formula is C9H11NO2S. The first-order valence-corrected chi connectivity index (χ1v) is 5.55. The van der Waals surface area contributed by atoms with Crippen molar-refractivity contribution in [1.29, 1.82) is 0 Å². The number of carbonyl (C=O) groups excluding carboxylic acids is 1. The van der Waals surface area contributed by atoms with Crippen LogP contribution in [0.2, 0.25) is 0 Å². The maximum absolute atomic E-state index is 10.6. The van der Waals surface area contributed by atoms with Crippen LogP contribution in [0.25, 0.3) is 0 Å². The topological polar surface area (TPSA) is 43.1 Å². The van der Waals surface area contributed by atoms with E-state index in [4.69, 9.17) is 4.52 Å². The highest BCUT2D eigenvalue weighted by Gasteiger charge is 2.22. The molecule has 0 aromatic carbocycles. The van der Waals surface area contributed by atoms with E-state index in [1.54, 1.807) is 0 Å². The summed E-state index contributed by atoms with van der Waals surface area (Å²) < 4.78 is 5.10. The predicted octanol–water partition coefficient (Wildman–Crippen LogP) is 2.10. The van der Waals surface area contributed by atoms with Gasteiger partial charge in [-0.15, -0.1) is 0 Å². The van der Waals surface area contributed by atoms with Gasteiger partial charge in [-0.2, -0.15) is 11.8 Å². The molecule has 1 fully saturated rings. The molecule has 70 valence electrons. The van der Waals surface area contributed by atoms with Crippen molar-refractivity contribution in [3.63, 3.8) is 0 Å². The Kier molecular flexibility index (Phi) is 2.68. The Hall–Kier alpha value is -0.770. The number of rotatable bonds is 2. The number of aromatic nitrogens is 1. The summed E-state index contributed by atoms with van der Waals surface area (Å²) in [7, 11) is 0. The molecular weight excluding hydrogens is 186 g/mol. The minimum absolute atomic E-state index is 0.406. The van der Waals surface area contributed by atoms with Gasteiger partial charge in [0.05, 0.1) is 11.8 Å². The van der Waals surface area contributed by atoms with Crippen molar-refractivity contribution in [3.05, 3.63) is 17.5 Å². The van der Waals surface area contributed by atoms with Gasteiger partial charge in [-0.3, -0.25) is 4.79 Å². The second-order valence-electron chi connectivity index (χ2n) is 3.15. The molecule has 2 heterocycles. The van der Waals surface area contributed by atoms with Crippen LogP contribution in [0.1, 0.15) is 34.9 Å². The fraction of sp³-hybridized carbons (Fsp3) is 0.556. The Morgan fingerprint density at radius 3 is 3.00 bits per heavy atom. The van der Waals surface area contributed by atoms with Crippen molar-refractivity contribution in [2.24, 2.45) is 0 Å². The zero-order valence-electron chi connectivity index (χ0n) is 7.23. The number of nitrogens with zero attached hydrogens (tertiary/aromatic N) is 1. The molecule has 0 atom stereocenters. The molecule has 0 radical (unpaired) electrons. The molecule has 0 N–H and O–H groups in total. The molecule has 0 bridgehead atoms. The van der Waals surface area contributed by atoms with Gasteiger partial charge >= 0.3 is 0 Å². The molecule has 0 amide bonds. The molecule has 0 spiro atoms. The van der Waals surface area contributed by atoms with Crippen molar-refractivity contribution in [2.45, 2.75) is 18.8 Å². The monoisotopic (exact) mass is 197 g/mol. The molecule has 1 aliphatic rings. The third kappa shape index (κ3) is 1.77. The van der Waals surface area contributed by atoms with Crippen molar-refractivity contribution in [2.75, 3.05) is 11.5 Å². The number of hydrogen-bond acceptors (Lipinski definition) is 4. The average molecular weight is 197 g/mol. The molecule has 0 saturated carbocycles. The molecule has 4 heteroatoms. The second kappa shape index (κ2) is 3.96. The fourth-order valence-corrected chi connectivity index (χ4v) is 2.72.